The molecule has 0 saturated heterocycles. The fourth-order valence-electron chi connectivity index (χ4n) is 5.02. The molecular weight excluding hydrogens is 536 g/mol. The van der Waals surface area contributed by atoms with Gasteiger partial charge in [-0.25, -0.2) is 26.8 Å². The lowest BCUT2D eigenvalue weighted by Gasteiger charge is -2.40. The molecule has 1 atom stereocenters. The van der Waals surface area contributed by atoms with Crippen molar-refractivity contribution in [1.29, 1.82) is 0 Å². The van der Waals surface area contributed by atoms with E-state index in [1.807, 2.05) is 48.1 Å². The number of aryl methyl sites for hydroxylation is 2. The van der Waals surface area contributed by atoms with Crippen LogP contribution in [0.1, 0.15) is 11.3 Å². The molecule has 2 aromatic carbocycles. The van der Waals surface area contributed by atoms with E-state index in [0.717, 1.165) is 34.3 Å². The molecule has 0 amide bonds. The number of hydrogen-bond acceptors (Lipinski definition) is 7. The monoisotopic (exact) mass is 568 g/mol. The van der Waals surface area contributed by atoms with Gasteiger partial charge in [0.25, 0.3) is 10.0 Å². The lowest BCUT2D eigenvalue weighted by Crippen LogP contribution is -2.52. The summed E-state index contributed by atoms with van der Waals surface area (Å²) >= 11 is 0. The predicted octanol–water partition coefficient (Wildman–Crippen LogP) is 2.49. The summed E-state index contributed by atoms with van der Waals surface area (Å²) in [4.78, 5) is 10.7. The van der Waals surface area contributed by atoms with Crippen molar-refractivity contribution in [3.05, 3.63) is 84.8 Å². The molecule has 0 saturated carbocycles. The Labute approximate surface area is 229 Å². The van der Waals surface area contributed by atoms with E-state index in [1.165, 1.54) is 16.8 Å². The topological polar surface area (TPSA) is 110 Å². The van der Waals surface area contributed by atoms with E-state index < -0.39 is 25.9 Å². The van der Waals surface area contributed by atoms with Crippen LogP contribution in [0.5, 0.6) is 0 Å². The van der Waals surface area contributed by atoms with E-state index in [4.69, 9.17) is 0 Å². The number of benzene rings is 2. The van der Waals surface area contributed by atoms with Gasteiger partial charge in [-0.1, -0.05) is 36.4 Å². The van der Waals surface area contributed by atoms with Crippen LogP contribution in [0.4, 0.5) is 5.69 Å². The van der Waals surface area contributed by atoms with Crippen molar-refractivity contribution in [3.63, 3.8) is 0 Å². The Kier molecular flexibility index (Phi) is 7.36. The minimum atomic E-state index is -4.07. The summed E-state index contributed by atoms with van der Waals surface area (Å²) in [6, 6.07) is 15.8. The van der Waals surface area contributed by atoms with Crippen molar-refractivity contribution in [1.82, 2.24) is 23.4 Å². The van der Waals surface area contributed by atoms with Gasteiger partial charge in [0.2, 0.25) is 0 Å². The minimum absolute atomic E-state index is 0.0985. The fraction of sp³-hybridized carbons (Fsp3) is 0.333. The van der Waals surface area contributed by atoms with Crippen molar-refractivity contribution < 1.29 is 16.8 Å². The van der Waals surface area contributed by atoms with Gasteiger partial charge in [-0.2, -0.15) is 4.31 Å². The molecule has 0 bridgehead atoms. The molecule has 0 spiro atoms. The summed E-state index contributed by atoms with van der Waals surface area (Å²) in [5.41, 5.74) is 4.95. The number of fused-ring (bicyclic) bond motifs is 1. The zero-order valence-corrected chi connectivity index (χ0v) is 23.8. The van der Waals surface area contributed by atoms with Gasteiger partial charge in [0.1, 0.15) is 9.84 Å². The Morgan fingerprint density at radius 1 is 0.923 bits per heavy atom. The number of rotatable bonds is 9. The third-order valence-electron chi connectivity index (χ3n) is 6.87. The highest BCUT2D eigenvalue weighted by atomic mass is 32.2. The third-order valence-corrected chi connectivity index (χ3v) is 9.63. The second kappa shape index (κ2) is 10.6. The normalized spacial score (nSPS) is 16.0. The molecule has 4 aromatic rings. The Morgan fingerprint density at radius 2 is 1.64 bits per heavy atom. The number of sulfone groups is 1. The van der Waals surface area contributed by atoms with Gasteiger partial charge in [-0.3, -0.25) is 0 Å². The molecule has 1 unspecified atom stereocenters. The number of imidazole rings is 2. The average Bonchev–Trinajstić information content (AvgIpc) is 3.51. The molecule has 5 rings (SSSR count). The van der Waals surface area contributed by atoms with Gasteiger partial charge >= 0.3 is 0 Å². The first-order valence-electron chi connectivity index (χ1n) is 12.6. The largest absolute Gasteiger partial charge is 0.364 e. The van der Waals surface area contributed by atoms with E-state index in [9.17, 15) is 16.8 Å². The van der Waals surface area contributed by atoms with Crippen LogP contribution >= 0.6 is 0 Å². The summed E-state index contributed by atoms with van der Waals surface area (Å²) in [5, 5.41) is -0.0985. The highest BCUT2D eigenvalue weighted by Gasteiger charge is 2.37. The summed E-state index contributed by atoms with van der Waals surface area (Å²) in [7, 11) is -3.88. The first-order valence-corrected chi connectivity index (χ1v) is 16.1. The number of sulfonamides is 1. The number of anilines is 1. The van der Waals surface area contributed by atoms with Crippen molar-refractivity contribution in [2.75, 3.05) is 30.0 Å². The molecule has 0 aliphatic carbocycles. The first kappa shape index (κ1) is 27.1. The van der Waals surface area contributed by atoms with Gasteiger partial charge in [0, 0.05) is 57.6 Å². The van der Waals surface area contributed by atoms with Crippen molar-refractivity contribution in [2.24, 2.45) is 14.1 Å². The first-order chi connectivity index (χ1) is 18.5. The SMILES string of the molecule is Cn1cnc(CN2CC(N(CCS(C)(=O)=O)S(=O)(=O)c3cn(C)cn3)Cc3cc(-c4ccccc4)ccc32)c1. The predicted molar refractivity (Wildman–Crippen MR) is 150 cm³/mol. The molecule has 2 aromatic heterocycles. The van der Waals surface area contributed by atoms with E-state index in [-0.39, 0.29) is 17.3 Å². The Hall–Kier alpha value is -3.48. The fourth-order valence-corrected chi connectivity index (χ4v) is 7.25. The second-order valence-electron chi connectivity index (χ2n) is 10.1. The van der Waals surface area contributed by atoms with Crippen LogP contribution in [0.25, 0.3) is 11.1 Å². The smallest absolute Gasteiger partial charge is 0.262 e. The van der Waals surface area contributed by atoms with Crippen LogP contribution < -0.4 is 4.90 Å². The molecule has 10 nitrogen and oxygen atoms in total. The molecule has 12 heteroatoms. The number of hydrogen-bond donors (Lipinski definition) is 0. The van der Waals surface area contributed by atoms with E-state index >= 15 is 0 Å². The molecule has 0 N–H and O–H groups in total. The average molecular weight is 569 g/mol. The Morgan fingerprint density at radius 3 is 2.28 bits per heavy atom. The lowest BCUT2D eigenvalue weighted by molar-refractivity contribution is 0.320. The van der Waals surface area contributed by atoms with Gasteiger partial charge in [0.05, 0.1) is 30.6 Å². The maximum atomic E-state index is 13.9. The van der Waals surface area contributed by atoms with Gasteiger partial charge in [0.15, 0.2) is 5.03 Å². The van der Waals surface area contributed by atoms with Crippen molar-refractivity contribution in [2.45, 2.75) is 24.0 Å². The standard InChI is InChI=1S/C27H32N6O4S2/c1-30-15-24(28-19-30)16-32-17-25(14-23-13-22(9-10-26(23)32)21-7-5-4-6-8-21)33(11-12-38(3,34)35)39(36,37)27-18-31(2)20-29-27/h4-10,13,15,18-20,25H,11-12,14,16-17H2,1-3H3. The zero-order chi connectivity index (χ0) is 27.8. The molecule has 3 heterocycles. The van der Waals surface area contributed by atoms with Gasteiger partial charge in [-0.05, 0) is 35.2 Å². The van der Waals surface area contributed by atoms with Crippen LogP contribution in [0.2, 0.25) is 0 Å². The highest BCUT2D eigenvalue weighted by molar-refractivity contribution is 7.91. The van der Waals surface area contributed by atoms with Gasteiger partial charge in [-0.15, -0.1) is 0 Å². The van der Waals surface area contributed by atoms with Crippen LogP contribution in [-0.4, -0.2) is 71.4 Å². The van der Waals surface area contributed by atoms with E-state index in [2.05, 4.69) is 33.1 Å². The summed E-state index contributed by atoms with van der Waals surface area (Å²) in [6.07, 6.45) is 8.10. The molecule has 1 aliphatic heterocycles. The number of aromatic nitrogens is 4. The maximum absolute atomic E-state index is 13.9. The quantitative estimate of drug-likeness (QED) is 0.305. The Bertz CT molecular complexity index is 1680. The Balaban J connectivity index is 1.57. The van der Waals surface area contributed by atoms with Crippen LogP contribution in [0.3, 0.4) is 0 Å². The molecule has 206 valence electrons. The molecule has 39 heavy (non-hydrogen) atoms. The van der Waals surface area contributed by atoms with Gasteiger partial charge < -0.3 is 14.0 Å². The summed E-state index contributed by atoms with van der Waals surface area (Å²) < 4.78 is 56.7. The van der Waals surface area contributed by atoms with E-state index in [0.29, 0.717) is 19.5 Å². The number of nitrogens with zero attached hydrogens (tertiary/aromatic N) is 6. The zero-order valence-electron chi connectivity index (χ0n) is 22.2. The molecule has 0 fully saturated rings. The van der Waals surface area contributed by atoms with Crippen LogP contribution in [0, 0.1) is 0 Å². The van der Waals surface area contributed by atoms with Crippen molar-refractivity contribution >= 4 is 25.5 Å². The van der Waals surface area contributed by atoms with E-state index in [1.54, 1.807) is 17.9 Å². The molecule has 0 radical (unpaired) electrons. The molecular formula is C27H32N6O4S2. The maximum Gasteiger partial charge on any atom is 0.262 e. The summed E-state index contributed by atoms with van der Waals surface area (Å²) in [6.45, 7) is 0.705. The lowest BCUT2D eigenvalue weighted by atomic mass is 9.93. The molecule has 1 aliphatic rings. The van der Waals surface area contributed by atoms with Crippen molar-refractivity contribution in [3.8, 4) is 11.1 Å². The van der Waals surface area contributed by atoms with Crippen LogP contribution in [-0.2, 0) is 46.9 Å². The summed E-state index contributed by atoms with van der Waals surface area (Å²) in [5.74, 6) is -0.285. The highest BCUT2D eigenvalue weighted by Crippen LogP contribution is 2.35. The van der Waals surface area contributed by atoms with Crippen LogP contribution in [0.15, 0.2) is 78.6 Å². The second-order valence-corrected chi connectivity index (χ2v) is 14.2. The minimum Gasteiger partial charge on any atom is -0.364 e. The third kappa shape index (κ3) is 6.07.